The first kappa shape index (κ1) is 21.4. The molecule has 0 heterocycles. The summed E-state index contributed by atoms with van der Waals surface area (Å²) in [6, 6.07) is 10.0. The molecule has 0 aliphatic heterocycles. The van der Waals surface area contributed by atoms with Crippen LogP contribution >= 0.6 is 11.6 Å². The lowest BCUT2D eigenvalue weighted by molar-refractivity contribution is -0.384. The van der Waals surface area contributed by atoms with E-state index in [-0.39, 0.29) is 16.3 Å². The zero-order chi connectivity index (χ0) is 20.5. The maximum Gasteiger partial charge on any atom is 0.338 e. The van der Waals surface area contributed by atoms with Crippen LogP contribution in [0.15, 0.2) is 42.5 Å². The van der Waals surface area contributed by atoms with Gasteiger partial charge in [-0.2, -0.15) is 0 Å². The van der Waals surface area contributed by atoms with Crippen LogP contribution in [0.3, 0.4) is 0 Å². The molecule has 0 aliphatic carbocycles. The van der Waals surface area contributed by atoms with Gasteiger partial charge in [-0.25, -0.2) is 4.79 Å². The number of nitro benzene ring substituents is 1. The fourth-order valence-electron chi connectivity index (χ4n) is 2.46. The predicted octanol–water partition coefficient (Wildman–Crippen LogP) is 5.24. The Morgan fingerprint density at radius 1 is 1.07 bits per heavy atom. The van der Waals surface area contributed by atoms with Crippen molar-refractivity contribution in [3.05, 3.63) is 68.7 Å². The van der Waals surface area contributed by atoms with Gasteiger partial charge >= 0.3 is 5.97 Å². The minimum Gasteiger partial charge on any atom is -0.462 e. The number of nitrogens with zero attached hydrogens (tertiary/aromatic N) is 1. The molecule has 0 radical (unpaired) electrons. The monoisotopic (exact) mass is 404 g/mol. The van der Waals surface area contributed by atoms with E-state index in [4.69, 9.17) is 16.3 Å². The Labute approximate surface area is 167 Å². The molecule has 0 saturated carbocycles. The zero-order valence-electron chi connectivity index (χ0n) is 15.4. The number of amides is 1. The highest BCUT2D eigenvalue weighted by atomic mass is 35.5. The zero-order valence-corrected chi connectivity index (χ0v) is 16.2. The standard InChI is InChI=1S/C20H21ClN2O5/c1-2-3-4-5-12-28-20(25)14-6-9-16(10-7-14)22-19(24)15-8-11-17(21)18(13-15)23(26)27/h6-11,13H,2-5,12H2,1H3,(H,22,24). The number of anilines is 1. The average molecular weight is 405 g/mol. The molecule has 2 aromatic rings. The molecule has 0 saturated heterocycles. The molecule has 0 fully saturated rings. The summed E-state index contributed by atoms with van der Waals surface area (Å²) in [5, 5.41) is 13.5. The van der Waals surface area contributed by atoms with Crippen molar-refractivity contribution in [3.63, 3.8) is 0 Å². The van der Waals surface area contributed by atoms with Crippen LogP contribution in [0.4, 0.5) is 11.4 Å². The first-order valence-electron chi connectivity index (χ1n) is 8.95. The van der Waals surface area contributed by atoms with E-state index < -0.39 is 16.8 Å². The SMILES string of the molecule is CCCCCCOC(=O)c1ccc(NC(=O)c2ccc(Cl)c([N+](=O)[O-])c2)cc1. The summed E-state index contributed by atoms with van der Waals surface area (Å²) in [5.74, 6) is -0.936. The van der Waals surface area contributed by atoms with E-state index in [1.807, 2.05) is 0 Å². The topological polar surface area (TPSA) is 98.5 Å². The highest BCUT2D eigenvalue weighted by molar-refractivity contribution is 6.32. The number of carbonyl (C=O) groups is 2. The number of rotatable bonds is 9. The number of carbonyl (C=O) groups excluding carboxylic acids is 2. The molecule has 8 heteroatoms. The molecule has 1 amide bonds. The van der Waals surface area contributed by atoms with Crippen LogP contribution in [-0.2, 0) is 4.74 Å². The third-order valence-corrected chi connectivity index (χ3v) is 4.33. The molecular formula is C20H21ClN2O5. The van der Waals surface area contributed by atoms with Gasteiger partial charge in [0.05, 0.1) is 17.1 Å². The number of esters is 1. The first-order chi connectivity index (χ1) is 13.4. The largest absolute Gasteiger partial charge is 0.462 e. The summed E-state index contributed by atoms with van der Waals surface area (Å²) in [6.45, 7) is 2.49. The molecule has 0 spiro atoms. The molecule has 0 aliphatic rings. The van der Waals surface area contributed by atoms with E-state index in [0.29, 0.717) is 17.9 Å². The lowest BCUT2D eigenvalue weighted by atomic mass is 10.1. The fraction of sp³-hybridized carbons (Fsp3) is 0.300. The van der Waals surface area contributed by atoms with E-state index in [1.165, 1.54) is 12.1 Å². The van der Waals surface area contributed by atoms with E-state index >= 15 is 0 Å². The van der Waals surface area contributed by atoms with E-state index in [9.17, 15) is 19.7 Å². The van der Waals surface area contributed by atoms with Gasteiger partial charge in [0.1, 0.15) is 5.02 Å². The van der Waals surface area contributed by atoms with Crippen LogP contribution in [-0.4, -0.2) is 23.4 Å². The third kappa shape index (κ3) is 6.06. The van der Waals surface area contributed by atoms with E-state index in [1.54, 1.807) is 24.3 Å². The summed E-state index contributed by atoms with van der Waals surface area (Å²) in [5.41, 5.74) is 0.593. The number of benzene rings is 2. The van der Waals surface area contributed by atoms with Gasteiger partial charge in [-0.3, -0.25) is 14.9 Å². The minimum atomic E-state index is -0.651. The Morgan fingerprint density at radius 3 is 2.39 bits per heavy atom. The Kier molecular flexibility index (Phi) is 7.95. The Bertz CT molecular complexity index is 852. The fourth-order valence-corrected chi connectivity index (χ4v) is 2.65. The number of ether oxygens (including phenoxy) is 1. The number of hydrogen-bond acceptors (Lipinski definition) is 5. The van der Waals surface area contributed by atoms with Gasteiger partial charge in [0.25, 0.3) is 11.6 Å². The van der Waals surface area contributed by atoms with Crippen molar-refractivity contribution in [2.24, 2.45) is 0 Å². The van der Waals surface area contributed by atoms with Crippen LogP contribution in [0.2, 0.25) is 5.02 Å². The van der Waals surface area contributed by atoms with Crippen molar-refractivity contribution in [3.8, 4) is 0 Å². The van der Waals surface area contributed by atoms with Crippen molar-refractivity contribution in [1.29, 1.82) is 0 Å². The van der Waals surface area contributed by atoms with Crippen molar-refractivity contribution in [2.45, 2.75) is 32.6 Å². The molecule has 0 unspecified atom stereocenters. The number of unbranched alkanes of at least 4 members (excludes halogenated alkanes) is 3. The lowest BCUT2D eigenvalue weighted by Gasteiger charge is -2.08. The predicted molar refractivity (Wildman–Crippen MR) is 107 cm³/mol. The van der Waals surface area contributed by atoms with Crippen LogP contribution in [0.5, 0.6) is 0 Å². The number of halogens is 1. The van der Waals surface area contributed by atoms with Crippen molar-refractivity contribution >= 4 is 34.9 Å². The van der Waals surface area contributed by atoms with Gasteiger partial charge in [0.2, 0.25) is 0 Å². The molecule has 148 valence electrons. The molecule has 0 atom stereocenters. The van der Waals surface area contributed by atoms with Crippen LogP contribution in [0, 0.1) is 10.1 Å². The van der Waals surface area contributed by atoms with Gasteiger partial charge in [0.15, 0.2) is 0 Å². The summed E-state index contributed by atoms with van der Waals surface area (Å²) in [4.78, 5) is 34.5. The van der Waals surface area contributed by atoms with Crippen LogP contribution in [0.1, 0.15) is 53.3 Å². The summed E-state index contributed by atoms with van der Waals surface area (Å²) < 4.78 is 5.21. The molecule has 2 rings (SSSR count). The minimum absolute atomic E-state index is 0.0425. The third-order valence-electron chi connectivity index (χ3n) is 4.01. The smallest absolute Gasteiger partial charge is 0.338 e. The van der Waals surface area contributed by atoms with Crippen LogP contribution < -0.4 is 5.32 Å². The second kappa shape index (κ2) is 10.4. The molecule has 1 N–H and O–H groups in total. The quantitative estimate of drug-likeness (QED) is 0.267. The molecular weight excluding hydrogens is 384 g/mol. The van der Waals surface area contributed by atoms with Crippen molar-refractivity contribution in [1.82, 2.24) is 0 Å². The second-order valence-electron chi connectivity index (χ2n) is 6.15. The van der Waals surface area contributed by atoms with Gasteiger partial charge in [-0.1, -0.05) is 37.8 Å². The normalized spacial score (nSPS) is 10.4. The van der Waals surface area contributed by atoms with Crippen LogP contribution in [0.25, 0.3) is 0 Å². The molecule has 0 aromatic heterocycles. The molecule has 2 aromatic carbocycles. The van der Waals surface area contributed by atoms with Crippen molar-refractivity contribution in [2.75, 3.05) is 11.9 Å². The Balaban J connectivity index is 1.95. The number of nitrogens with one attached hydrogen (secondary N) is 1. The second-order valence-corrected chi connectivity index (χ2v) is 6.56. The highest BCUT2D eigenvalue weighted by Gasteiger charge is 2.16. The number of nitro groups is 1. The van der Waals surface area contributed by atoms with Gasteiger partial charge in [0, 0.05) is 17.3 Å². The Morgan fingerprint density at radius 2 is 1.75 bits per heavy atom. The maximum absolute atomic E-state index is 12.3. The van der Waals surface area contributed by atoms with Gasteiger partial charge < -0.3 is 10.1 Å². The summed E-state index contributed by atoms with van der Waals surface area (Å²) in [7, 11) is 0. The van der Waals surface area contributed by atoms with Gasteiger partial charge in [-0.15, -0.1) is 0 Å². The molecule has 7 nitrogen and oxygen atoms in total. The lowest BCUT2D eigenvalue weighted by Crippen LogP contribution is -2.12. The highest BCUT2D eigenvalue weighted by Crippen LogP contribution is 2.25. The first-order valence-corrected chi connectivity index (χ1v) is 9.32. The van der Waals surface area contributed by atoms with Crippen molar-refractivity contribution < 1.29 is 19.2 Å². The summed E-state index contributed by atoms with van der Waals surface area (Å²) >= 11 is 5.75. The molecule has 28 heavy (non-hydrogen) atoms. The Hall–Kier alpha value is -2.93. The van der Waals surface area contributed by atoms with Gasteiger partial charge in [-0.05, 0) is 42.8 Å². The average Bonchev–Trinajstić information content (AvgIpc) is 2.68. The van der Waals surface area contributed by atoms with E-state index in [0.717, 1.165) is 31.7 Å². The number of hydrogen-bond donors (Lipinski definition) is 1. The molecule has 0 bridgehead atoms. The summed E-state index contributed by atoms with van der Waals surface area (Å²) in [6.07, 6.45) is 4.09. The van der Waals surface area contributed by atoms with E-state index in [2.05, 4.69) is 12.2 Å². The maximum atomic E-state index is 12.3.